The Kier molecular flexibility index (Phi) is 4.54. The number of hydrogen-bond donors (Lipinski definition) is 0. The van der Waals surface area contributed by atoms with Crippen LogP contribution in [0.4, 0.5) is 0 Å². The van der Waals surface area contributed by atoms with Crippen LogP contribution in [0.3, 0.4) is 0 Å². The van der Waals surface area contributed by atoms with E-state index in [-0.39, 0.29) is 11.7 Å². The van der Waals surface area contributed by atoms with Gasteiger partial charge in [-0.2, -0.15) is 0 Å². The third-order valence-electron chi connectivity index (χ3n) is 2.24. The van der Waals surface area contributed by atoms with E-state index in [1.54, 1.807) is 38.4 Å². The van der Waals surface area contributed by atoms with E-state index in [0.29, 0.717) is 12.0 Å². The monoisotopic (exact) mass is 275 g/mol. The minimum atomic E-state index is -3.47. The summed E-state index contributed by atoms with van der Waals surface area (Å²) in [5, 5.41) is 0. The molecule has 0 N–H and O–H groups in total. The first-order valence-electron chi connectivity index (χ1n) is 5.02. The molecule has 0 saturated heterocycles. The van der Waals surface area contributed by atoms with Crippen LogP contribution < -0.4 is 0 Å². The van der Waals surface area contributed by atoms with E-state index in [1.165, 1.54) is 4.90 Å². The summed E-state index contributed by atoms with van der Waals surface area (Å²) in [5.74, 6) is -0.184. The van der Waals surface area contributed by atoms with Gasteiger partial charge < -0.3 is 4.90 Å². The molecule has 0 atom stereocenters. The molecule has 0 fully saturated rings. The highest BCUT2D eigenvalue weighted by Gasteiger charge is 2.09. The summed E-state index contributed by atoms with van der Waals surface area (Å²) in [6.07, 6.45) is 0.349. The molecular formula is C11H14ClNO3S. The third-order valence-corrected chi connectivity index (χ3v) is 3.40. The van der Waals surface area contributed by atoms with Crippen LogP contribution in [0.25, 0.3) is 0 Å². The molecule has 0 unspecified atom stereocenters. The van der Waals surface area contributed by atoms with Gasteiger partial charge in [-0.1, -0.05) is 12.1 Å². The summed E-state index contributed by atoms with van der Waals surface area (Å²) in [7, 11) is 5.01. The number of nitrogens with zero attached hydrogens (tertiary/aromatic N) is 1. The van der Waals surface area contributed by atoms with Gasteiger partial charge in [0.05, 0.1) is 5.75 Å². The van der Waals surface area contributed by atoms with Gasteiger partial charge in [-0.3, -0.25) is 4.79 Å². The maximum Gasteiger partial charge on any atom is 0.253 e. The summed E-state index contributed by atoms with van der Waals surface area (Å²) in [6, 6.07) is 6.83. The Bertz CT molecular complexity index is 494. The van der Waals surface area contributed by atoms with Gasteiger partial charge in [0.15, 0.2) is 0 Å². The zero-order valence-electron chi connectivity index (χ0n) is 9.68. The second-order valence-electron chi connectivity index (χ2n) is 3.89. The molecule has 0 aliphatic carbocycles. The number of carbonyl (C=O) groups is 1. The van der Waals surface area contributed by atoms with E-state index < -0.39 is 9.05 Å². The Morgan fingerprint density at radius 1 is 1.24 bits per heavy atom. The molecule has 0 aromatic heterocycles. The van der Waals surface area contributed by atoms with Crippen molar-refractivity contribution in [2.75, 3.05) is 19.8 Å². The number of hydrogen-bond acceptors (Lipinski definition) is 3. The van der Waals surface area contributed by atoms with Crippen LogP contribution in [0, 0.1) is 0 Å². The van der Waals surface area contributed by atoms with Gasteiger partial charge in [-0.05, 0) is 24.1 Å². The van der Waals surface area contributed by atoms with Crippen molar-refractivity contribution in [1.82, 2.24) is 4.90 Å². The number of amides is 1. The van der Waals surface area contributed by atoms with E-state index in [9.17, 15) is 13.2 Å². The first-order valence-corrected chi connectivity index (χ1v) is 7.50. The second-order valence-corrected chi connectivity index (χ2v) is 6.79. The van der Waals surface area contributed by atoms with Gasteiger partial charge in [0.2, 0.25) is 9.05 Å². The Morgan fingerprint density at radius 3 is 2.18 bits per heavy atom. The zero-order chi connectivity index (χ0) is 13.1. The van der Waals surface area contributed by atoms with Crippen LogP contribution in [0.15, 0.2) is 24.3 Å². The molecule has 0 spiro atoms. The molecule has 0 saturated carbocycles. The van der Waals surface area contributed by atoms with Crippen molar-refractivity contribution in [3.63, 3.8) is 0 Å². The van der Waals surface area contributed by atoms with Crippen molar-refractivity contribution in [1.29, 1.82) is 0 Å². The Hall–Kier alpha value is -1.07. The van der Waals surface area contributed by atoms with E-state index in [0.717, 1.165) is 5.56 Å². The van der Waals surface area contributed by atoms with Crippen molar-refractivity contribution in [3.8, 4) is 0 Å². The molecule has 94 valence electrons. The molecule has 0 aliphatic heterocycles. The minimum absolute atomic E-state index is 0.0819. The molecular weight excluding hydrogens is 262 g/mol. The van der Waals surface area contributed by atoms with Gasteiger partial charge in [0.25, 0.3) is 5.91 Å². The lowest BCUT2D eigenvalue weighted by molar-refractivity contribution is 0.0827. The first-order chi connectivity index (χ1) is 7.79. The van der Waals surface area contributed by atoms with E-state index >= 15 is 0 Å². The average molecular weight is 276 g/mol. The molecule has 17 heavy (non-hydrogen) atoms. The molecule has 1 aromatic carbocycles. The molecule has 4 nitrogen and oxygen atoms in total. The smallest absolute Gasteiger partial charge is 0.253 e. The lowest BCUT2D eigenvalue weighted by Gasteiger charge is -2.10. The van der Waals surface area contributed by atoms with Crippen LogP contribution in [-0.4, -0.2) is 39.1 Å². The minimum Gasteiger partial charge on any atom is -0.345 e. The lowest BCUT2D eigenvalue weighted by atomic mass is 10.1. The summed E-state index contributed by atoms with van der Waals surface area (Å²) in [4.78, 5) is 13.1. The summed E-state index contributed by atoms with van der Waals surface area (Å²) >= 11 is 0. The van der Waals surface area contributed by atoms with E-state index in [4.69, 9.17) is 10.7 Å². The zero-order valence-corrected chi connectivity index (χ0v) is 11.3. The fourth-order valence-corrected chi connectivity index (χ4v) is 2.02. The van der Waals surface area contributed by atoms with Gasteiger partial charge in [-0.25, -0.2) is 8.42 Å². The molecule has 6 heteroatoms. The fourth-order valence-electron chi connectivity index (χ4n) is 1.31. The van der Waals surface area contributed by atoms with Crippen molar-refractivity contribution >= 4 is 25.6 Å². The predicted molar refractivity (Wildman–Crippen MR) is 67.8 cm³/mol. The highest BCUT2D eigenvalue weighted by molar-refractivity contribution is 8.13. The molecule has 1 aromatic rings. The summed E-state index contributed by atoms with van der Waals surface area (Å²) in [5.41, 5.74) is 1.41. The van der Waals surface area contributed by atoms with Gasteiger partial charge >= 0.3 is 0 Å². The average Bonchev–Trinajstić information content (AvgIpc) is 2.25. The molecule has 0 bridgehead atoms. The van der Waals surface area contributed by atoms with Gasteiger partial charge in [0, 0.05) is 30.3 Å². The quantitative estimate of drug-likeness (QED) is 0.783. The molecule has 1 amide bonds. The van der Waals surface area contributed by atoms with E-state index in [2.05, 4.69) is 0 Å². The number of benzene rings is 1. The van der Waals surface area contributed by atoms with Crippen molar-refractivity contribution in [3.05, 3.63) is 35.4 Å². The highest BCUT2D eigenvalue weighted by atomic mass is 35.7. The maximum atomic E-state index is 11.6. The second kappa shape index (κ2) is 5.51. The van der Waals surface area contributed by atoms with Gasteiger partial charge in [-0.15, -0.1) is 0 Å². The van der Waals surface area contributed by atoms with Crippen LogP contribution in [-0.2, 0) is 15.5 Å². The van der Waals surface area contributed by atoms with E-state index in [1.807, 2.05) is 0 Å². The van der Waals surface area contributed by atoms with Crippen molar-refractivity contribution in [2.24, 2.45) is 0 Å². The molecule has 1 rings (SSSR count). The summed E-state index contributed by atoms with van der Waals surface area (Å²) < 4.78 is 21.5. The van der Waals surface area contributed by atoms with Crippen molar-refractivity contribution < 1.29 is 13.2 Å². The SMILES string of the molecule is CN(C)C(=O)c1ccc(CCS(=O)(=O)Cl)cc1. The number of carbonyl (C=O) groups excluding carboxylic acids is 1. The van der Waals surface area contributed by atoms with Crippen LogP contribution >= 0.6 is 10.7 Å². The molecule has 0 radical (unpaired) electrons. The number of halogens is 1. The first kappa shape index (κ1) is 14.0. The standard InChI is InChI=1S/C11H14ClNO3S/c1-13(2)11(14)10-5-3-9(4-6-10)7-8-17(12,15)16/h3-6H,7-8H2,1-2H3. The number of aryl methyl sites for hydroxylation is 1. The lowest BCUT2D eigenvalue weighted by Crippen LogP contribution is -2.21. The van der Waals surface area contributed by atoms with Gasteiger partial charge in [0.1, 0.15) is 0 Å². The molecule has 0 heterocycles. The Morgan fingerprint density at radius 2 is 1.76 bits per heavy atom. The van der Waals surface area contributed by atoms with Crippen LogP contribution in [0.1, 0.15) is 15.9 Å². The molecule has 0 aliphatic rings. The largest absolute Gasteiger partial charge is 0.345 e. The summed E-state index contributed by atoms with van der Waals surface area (Å²) in [6.45, 7) is 0. The van der Waals surface area contributed by atoms with Crippen LogP contribution in [0.2, 0.25) is 0 Å². The Balaban J connectivity index is 2.72. The fraction of sp³-hybridized carbons (Fsp3) is 0.364. The normalized spacial score (nSPS) is 11.2. The Labute approximate surface area is 106 Å². The maximum absolute atomic E-state index is 11.6. The number of rotatable bonds is 4. The highest BCUT2D eigenvalue weighted by Crippen LogP contribution is 2.09. The van der Waals surface area contributed by atoms with Crippen molar-refractivity contribution in [2.45, 2.75) is 6.42 Å². The van der Waals surface area contributed by atoms with Crippen LogP contribution in [0.5, 0.6) is 0 Å². The topological polar surface area (TPSA) is 54.5 Å². The predicted octanol–water partition coefficient (Wildman–Crippen LogP) is 1.50. The third kappa shape index (κ3) is 4.75.